The van der Waals surface area contributed by atoms with Crippen LogP contribution in [0.1, 0.15) is 18.4 Å². The predicted octanol–water partition coefficient (Wildman–Crippen LogP) is 3.29. The Balaban J connectivity index is 2.13. The standard InChI is InChI=1S/C15H18O2/c1-2-13-17-15(16)12-8-4-7-11-14-9-5-3-6-10-14/h2-3,5-6,8-10,12H,1,4,7,11,13H2. The Hall–Kier alpha value is -1.83. The van der Waals surface area contributed by atoms with Crippen LogP contribution in [0.4, 0.5) is 0 Å². The molecule has 1 aromatic rings. The molecular formula is C15H18O2. The maximum absolute atomic E-state index is 11.1. The molecule has 0 aliphatic heterocycles. The van der Waals surface area contributed by atoms with Crippen molar-refractivity contribution in [2.45, 2.75) is 19.3 Å². The van der Waals surface area contributed by atoms with Crippen molar-refractivity contribution >= 4 is 5.97 Å². The first-order valence-electron chi connectivity index (χ1n) is 5.81. The summed E-state index contributed by atoms with van der Waals surface area (Å²) in [6.07, 6.45) is 7.85. The summed E-state index contributed by atoms with van der Waals surface area (Å²) in [6, 6.07) is 10.3. The van der Waals surface area contributed by atoms with Gasteiger partial charge in [0.25, 0.3) is 0 Å². The summed E-state index contributed by atoms with van der Waals surface area (Å²) in [7, 11) is 0. The van der Waals surface area contributed by atoms with E-state index in [1.807, 2.05) is 24.3 Å². The highest BCUT2D eigenvalue weighted by Crippen LogP contribution is 2.04. The predicted molar refractivity (Wildman–Crippen MR) is 69.7 cm³/mol. The second kappa shape index (κ2) is 8.34. The number of ether oxygens (including phenoxy) is 1. The lowest BCUT2D eigenvalue weighted by molar-refractivity contribution is -0.136. The maximum Gasteiger partial charge on any atom is 0.330 e. The molecule has 0 fully saturated rings. The Bertz CT molecular complexity index is 366. The second-order valence-electron chi connectivity index (χ2n) is 3.70. The molecule has 1 aromatic carbocycles. The summed E-state index contributed by atoms with van der Waals surface area (Å²) in [6.45, 7) is 3.75. The summed E-state index contributed by atoms with van der Waals surface area (Å²) in [5.41, 5.74) is 1.33. The van der Waals surface area contributed by atoms with Gasteiger partial charge in [0.15, 0.2) is 0 Å². The Kier molecular flexibility index (Phi) is 6.49. The highest BCUT2D eigenvalue weighted by atomic mass is 16.5. The van der Waals surface area contributed by atoms with E-state index in [0.29, 0.717) is 0 Å². The van der Waals surface area contributed by atoms with Gasteiger partial charge in [-0.25, -0.2) is 4.79 Å². The molecule has 0 radical (unpaired) electrons. The fourth-order valence-corrected chi connectivity index (χ4v) is 1.44. The van der Waals surface area contributed by atoms with E-state index in [1.54, 1.807) is 6.08 Å². The average molecular weight is 230 g/mol. The highest BCUT2D eigenvalue weighted by Gasteiger charge is 1.93. The number of esters is 1. The average Bonchev–Trinajstić information content (AvgIpc) is 2.37. The van der Waals surface area contributed by atoms with Crippen LogP contribution in [-0.2, 0) is 16.0 Å². The summed E-state index contributed by atoms with van der Waals surface area (Å²) in [5, 5.41) is 0. The van der Waals surface area contributed by atoms with Gasteiger partial charge in [0.1, 0.15) is 6.61 Å². The number of hydrogen-bond acceptors (Lipinski definition) is 2. The van der Waals surface area contributed by atoms with Gasteiger partial charge in [0.05, 0.1) is 0 Å². The minimum atomic E-state index is -0.301. The van der Waals surface area contributed by atoms with Crippen LogP contribution in [0.15, 0.2) is 55.1 Å². The molecule has 17 heavy (non-hydrogen) atoms. The summed E-state index contributed by atoms with van der Waals surface area (Å²) in [5.74, 6) is -0.301. The van der Waals surface area contributed by atoms with Crippen molar-refractivity contribution in [2.75, 3.05) is 6.61 Å². The van der Waals surface area contributed by atoms with E-state index < -0.39 is 0 Å². The second-order valence-corrected chi connectivity index (χ2v) is 3.70. The first-order valence-corrected chi connectivity index (χ1v) is 5.81. The van der Waals surface area contributed by atoms with Crippen LogP contribution in [0.5, 0.6) is 0 Å². The topological polar surface area (TPSA) is 26.3 Å². The molecule has 0 atom stereocenters. The van der Waals surface area contributed by atoms with Crippen LogP contribution in [0.25, 0.3) is 0 Å². The zero-order valence-electron chi connectivity index (χ0n) is 9.97. The molecule has 0 heterocycles. The monoisotopic (exact) mass is 230 g/mol. The molecule has 0 saturated carbocycles. The Morgan fingerprint density at radius 3 is 2.76 bits per heavy atom. The molecule has 1 rings (SSSR count). The van der Waals surface area contributed by atoms with Gasteiger partial charge in [-0.15, -0.1) is 0 Å². The SMILES string of the molecule is C=CCOC(=O)C=CCCCc1ccccc1. The minimum absolute atomic E-state index is 0.271. The molecule has 0 aliphatic carbocycles. The highest BCUT2D eigenvalue weighted by molar-refractivity contribution is 5.81. The third kappa shape index (κ3) is 6.36. The lowest BCUT2D eigenvalue weighted by atomic mass is 10.1. The molecule has 0 aromatic heterocycles. The fraction of sp³-hybridized carbons (Fsp3) is 0.267. The molecule has 0 N–H and O–H groups in total. The molecule has 0 unspecified atom stereocenters. The smallest absolute Gasteiger partial charge is 0.330 e. The molecule has 0 amide bonds. The lowest BCUT2D eigenvalue weighted by Gasteiger charge is -1.98. The molecule has 2 nitrogen and oxygen atoms in total. The largest absolute Gasteiger partial charge is 0.458 e. The number of rotatable bonds is 7. The van der Waals surface area contributed by atoms with Gasteiger partial charge in [-0.1, -0.05) is 49.1 Å². The van der Waals surface area contributed by atoms with E-state index in [0.717, 1.165) is 19.3 Å². The van der Waals surface area contributed by atoms with Crippen LogP contribution in [0.3, 0.4) is 0 Å². The first-order chi connectivity index (χ1) is 8.33. The van der Waals surface area contributed by atoms with E-state index >= 15 is 0 Å². The number of benzene rings is 1. The molecule has 0 aliphatic rings. The fourth-order valence-electron chi connectivity index (χ4n) is 1.44. The first kappa shape index (κ1) is 13.2. The van der Waals surface area contributed by atoms with Crippen molar-refractivity contribution in [3.8, 4) is 0 Å². The van der Waals surface area contributed by atoms with Gasteiger partial charge in [-0.05, 0) is 24.8 Å². The van der Waals surface area contributed by atoms with E-state index in [2.05, 4.69) is 18.7 Å². The van der Waals surface area contributed by atoms with Crippen molar-refractivity contribution in [1.82, 2.24) is 0 Å². The zero-order valence-corrected chi connectivity index (χ0v) is 9.97. The van der Waals surface area contributed by atoms with Gasteiger partial charge in [-0.2, -0.15) is 0 Å². The van der Waals surface area contributed by atoms with Gasteiger partial charge in [0.2, 0.25) is 0 Å². The van der Waals surface area contributed by atoms with Crippen LogP contribution >= 0.6 is 0 Å². The van der Waals surface area contributed by atoms with Gasteiger partial charge < -0.3 is 4.74 Å². The Labute approximate surface area is 103 Å². The van der Waals surface area contributed by atoms with Crippen LogP contribution in [0.2, 0.25) is 0 Å². The summed E-state index contributed by atoms with van der Waals surface area (Å²) in [4.78, 5) is 11.1. The molecule has 0 bridgehead atoms. The number of carbonyl (C=O) groups is 1. The maximum atomic E-state index is 11.1. The van der Waals surface area contributed by atoms with Gasteiger partial charge in [-0.3, -0.25) is 0 Å². The van der Waals surface area contributed by atoms with Crippen molar-refractivity contribution in [1.29, 1.82) is 0 Å². The van der Waals surface area contributed by atoms with E-state index in [9.17, 15) is 4.79 Å². The number of allylic oxidation sites excluding steroid dienone is 1. The molecule has 0 saturated heterocycles. The lowest BCUT2D eigenvalue weighted by Crippen LogP contribution is -1.99. The third-order valence-electron chi connectivity index (χ3n) is 2.28. The van der Waals surface area contributed by atoms with Crippen LogP contribution in [0, 0.1) is 0 Å². The normalized spacial score (nSPS) is 10.4. The Morgan fingerprint density at radius 2 is 2.06 bits per heavy atom. The van der Waals surface area contributed by atoms with E-state index in [1.165, 1.54) is 11.6 Å². The summed E-state index contributed by atoms with van der Waals surface area (Å²) < 4.78 is 4.81. The number of unbranched alkanes of at least 4 members (excludes halogenated alkanes) is 1. The molecular weight excluding hydrogens is 212 g/mol. The summed E-state index contributed by atoms with van der Waals surface area (Å²) >= 11 is 0. The van der Waals surface area contributed by atoms with Crippen LogP contribution in [-0.4, -0.2) is 12.6 Å². The number of hydrogen-bond donors (Lipinski definition) is 0. The molecule has 90 valence electrons. The number of aryl methyl sites for hydroxylation is 1. The van der Waals surface area contributed by atoms with Crippen LogP contribution < -0.4 is 0 Å². The minimum Gasteiger partial charge on any atom is -0.458 e. The zero-order chi connectivity index (χ0) is 12.3. The molecule has 2 heteroatoms. The Morgan fingerprint density at radius 1 is 1.29 bits per heavy atom. The van der Waals surface area contributed by atoms with E-state index in [4.69, 9.17) is 4.74 Å². The van der Waals surface area contributed by atoms with Crippen molar-refractivity contribution in [3.05, 3.63) is 60.7 Å². The molecule has 0 spiro atoms. The van der Waals surface area contributed by atoms with E-state index in [-0.39, 0.29) is 12.6 Å². The third-order valence-corrected chi connectivity index (χ3v) is 2.28. The van der Waals surface area contributed by atoms with Crippen molar-refractivity contribution < 1.29 is 9.53 Å². The van der Waals surface area contributed by atoms with Crippen molar-refractivity contribution in [3.63, 3.8) is 0 Å². The van der Waals surface area contributed by atoms with Gasteiger partial charge >= 0.3 is 5.97 Å². The van der Waals surface area contributed by atoms with Gasteiger partial charge in [0, 0.05) is 6.08 Å². The van der Waals surface area contributed by atoms with Crippen molar-refractivity contribution in [2.24, 2.45) is 0 Å². The number of carbonyl (C=O) groups excluding carboxylic acids is 1. The quantitative estimate of drug-likeness (QED) is 0.311.